The minimum absolute atomic E-state index is 0.164. The molecule has 1 heterocycles. The molecule has 5 heteroatoms. The van der Waals surface area contributed by atoms with Crippen molar-refractivity contribution in [3.8, 4) is 0 Å². The summed E-state index contributed by atoms with van der Waals surface area (Å²) in [6.45, 7) is 0. The van der Waals surface area contributed by atoms with E-state index in [1.165, 1.54) is 0 Å². The lowest BCUT2D eigenvalue weighted by atomic mass is 10.1. The molecule has 23 heavy (non-hydrogen) atoms. The number of nitrogens with one attached hydrogen (secondary N) is 1. The van der Waals surface area contributed by atoms with Crippen LogP contribution in [0.5, 0.6) is 0 Å². The van der Waals surface area contributed by atoms with Gasteiger partial charge in [-0.25, -0.2) is 4.98 Å². The zero-order valence-corrected chi connectivity index (χ0v) is 13.2. The Hall–Kier alpha value is -2.43. The van der Waals surface area contributed by atoms with Gasteiger partial charge in [-0.1, -0.05) is 30.3 Å². The molecule has 120 valence electrons. The highest BCUT2D eigenvalue weighted by Crippen LogP contribution is 2.40. The van der Waals surface area contributed by atoms with Gasteiger partial charge < -0.3 is 9.88 Å². The molecule has 0 unspecified atom stereocenters. The molecule has 2 aromatic rings. The summed E-state index contributed by atoms with van der Waals surface area (Å²) in [5, 5.41) is 2.89. The molecule has 1 N–H and O–H groups in total. The highest BCUT2D eigenvalue weighted by atomic mass is 16.2. The van der Waals surface area contributed by atoms with Crippen LogP contribution in [0.3, 0.4) is 0 Å². The zero-order valence-electron chi connectivity index (χ0n) is 13.2. The first kappa shape index (κ1) is 15.5. The fraction of sp³-hybridized carbons (Fsp3) is 0.389. The van der Waals surface area contributed by atoms with E-state index in [4.69, 9.17) is 0 Å². The molecule has 1 aliphatic carbocycles. The SMILES string of the molecule is Cn1ccnc1[C@H](NC(=O)C(=O)CCc1ccccc1)C1CC1. The summed E-state index contributed by atoms with van der Waals surface area (Å²) < 4.78 is 1.90. The van der Waals surface area contributed by atoms with Crippen LogP contribution in [0, 0.1) is 5.92 Å². The van der Waals surface area contributed by atoms with Crippen molar-refractivity contribution in [1.82, 2.24) is 14.9 Å². The molecule has 1 aromatic heterocycles. The largest absolute Gasteiger partial charge is 0.339 e. The second-order valence-electron chi connectivity index (χ2n) is 6.09. The Morgan fingerprint density at radius 2 is 2.04 bits per heavy atom. The lowest BCUT2D eigenvalue weighted by Gasteiger charge is -2.17. The Bertz CT molecular complexity index is 689. The third-order valence-electron chi connectivity index (χ3n) is 4.25. The molecule has 1 aromatic carbocycles. The van der Waals surface area contributed by atoms with Gasteiger partial charge in [0.15, 0.2) is 0 Å². The van der Waals surface area contributed by atoms with Crippen molar-refractivity contribution in [2.24, 2.45) is 13.0 Å². The number of rotatable bonds is 7. The second-order valence-corrected chi connectivity index (χ2v) is 6.09. The number of benzene rings is 1. The Morgan fingerprint density at radius 3 is 2.65 bits per heavy atom. The van der Waals surface area contributed by atoms with Crippen LogP contribution in [0.15, 0.2) is 42.7 Å². The molecule has 1 aliphatic rings. The highest BCUT2D eigenvalue weighted by Gasteiger charge is 2.36. The van der Waals surface area contributed by atoms with Crippen LogP contribution in [-0.2, 0) is 23.1 Å². The van der Waals surface area contributed by atoms with Gasteiger partial charge in [0.05, 0.1) is 6.04 Å². The van der Waals surface area contributed by atoms with Crippen LogP contribution in [0.25, 0.3) is 0 Å². The van der Waals surface area contributed by atoms with Gasteiger partial charge in [-0.3, -0.25) is 9.59 Å². The van der Waals surface area contributed by atoms with Crippen LogP contribution in [0.2, 0.25) is 0 Å². The van der Waals surface area contributed by atoms with Crippen molar-refractivity contribution in [1.29, 1.82) is 0 Å². The summed E-state index contributed by atoms with van der Waals surface area (Å²) in [6.07, 6.45) is 6.52. The van der Waals surface area contributed by atoms with Crippen LogP contribution < -0.4 is 5.32 Å². The first-order valence-electron chi connectivity index (χ1n) is 8.00. The van der Waals surface area contributed by atoms with Crippen LogP contribution in [0.1, 0.15) is 36.7 Å². The zero-order chi connectivity index (χ0) is 16.2. The summed E-state index contributed by atoms with van der Waals surface area (Å²) in [5.74, 6) is 0.341. The maximum absolute atomic E-state index is 12.2. The molecular weight excluding hydrogens is 290 g/mol. The number of imidazole rings is 1. The summed E-state index contributed by atoms with van der Waals surface area (Å²) in [4.78, 5) is 28.6. The van der Waals surface area contributed by atoms with E-state index in [1.807, 2.05) is 48.1 Å². The molecule has 0 radical (unpaired) electrons. The number of hydrogen-bond donors (Lipinski definition) is 1. The smallest absolute Gasteiger partial charge is 0.287 e. The Morgan fingerprint density at radius 1 is 1.30 bits per heavy atom. The third kappa shape index (κ3) is 3.86. The minimum atomic E-state index is -0.499. The first-order chi connectivity index (χ1) is 11.1. The lowest BCUT2D eigenvalue weighted by molar-refractivity contribution is -0.138. The number of Topliss-reactive ketones (excluding diaryl/α,β-unsaturated/α-hetero) is 1. The topological polar surface area (TPSA) is 64.0 Å². The lowest BCUT2D eigenvalue weighted by Crippen LogP contribution is -2.36. The molecule has 0 saturated heterocycles. The van der Waals surface area contributed by atoms with E-state index < -0.39 is 5.91 Å². The molecule has 0 aliphatic heterocycles. The maximum Gasteiger partial charge on any atom is 0.287 e. The van der Waals surface area contributed by atoms with Gasteiger partial charge in [0.25, 0.3) is 5.91 Å². The van der Waals surface area contributed by atoms with Crippen molar-refractivity contribution in [2.75, 3.05) is 0 Å². The molecule has 1 saturated carbocycles. The average molecular weight is 311 g/mol. The van der Waals surface area contributed by atoms with Gasteiger partial charge in [-0.2, -0.15) is 0 Å². The molecule has 1 amide bonds. The fourth-order valence-electron chi connectivity index (χ4n) is 2.74. The molecule has 5 nitrogen and oxygen atoms in total. The predicted octanol–water partition coefficient (Wildman–Crippen LogP) is 2.19. The molecule has 0 spiro atoms. The van der Waals surface area contributed by atoms with Gasteiger partial charge in [0.1, 0.15) is 5.82 Å². The number of nitrogens with zero attached hydrogens (tertiary/aromatic N) is 2. The summed E-state index contributed by atoms with van der Waals surface area (Å²) in [7, 11) is 1.90. The van der Waals surface area contributed by atoms with Crippen molar-refractivity contribution in [3.63, 3.8) is 0 Å². The van der Waals surface area contributed by atoms with Gasteiger partial charge in [-0.15, -0.1) is 0 Å². The van der Waals surface area contributed by atoms with Crippen LogP contribution in [-0.4, -0.2) is 21.2 Å². The molecular formula is C18H21N3O2. The van der Waals surface area contributed by atoms with E-state index >= 15 is 0 Å². The van der Waals surface area contributed by atoms with E-state index in [0.29, 0.717) is 12.3 Å². The van der Waals surface area contributed by atoms with Crippen LogP contribution >= 0.6 is 0 Å². The number of hydrogen-bond acceptors (Lipinski definition) is 3. The Balaban J connectivity index is 1.58. The predicted molar refractivity (Wildman–Crippen MR) is 86.6 cm³/mol. The van der Waals surface area contributed by atoms with E-state index in [-0.39, 0.29) is 18.2 Å². The van der Waals surface area contributed by atoms with E-state index in [2.05, 4.69) is 10.3 Å². The molecule has 1 fully saturated rings. The second kappa shape index (κ2) is 6.77. The maximum atomic E-state index is 12.2. The molecule has 3 rings (SSSR count). The van der Waals surface area contributed by atoms with Crippen molar-refractivity contribution >= 4 is 11.7 Å². The van der Waals surface area contributed by atoms with Gasteiger partial charge in [0, 0.05) is 25.9 Å². The number of aryl methyl sites for hydroxylation is 2. The van der Waals surface area contributed by atoms with Gasteiger partial charge >= 0.3 is 0 Å². The van der Waals surface area contributed by atoms with Gasteiger partial charge in [-0.05, 0) is 30.7 Å². The summed E-state index contributed by atoms with van der Waals surface area (Å²) in [6, 6.07) is 9.57. The number of carbonyl (C=O) groups excluding carboxylic acids is 2. The monoisotopic (exact) mass is 311 g/mol. The normalized spacial score (nSPS) is 15.2. The van der Waals surface area contributed by atoms with Crippen molar-refractivity contribution in [2.45, 2.75) is 31.7 Å². The van der Waals surface area contributed by atoms with Gasteiger partial charge in [0.2, 0.25) is 5.78 Å². The molecule has 0 bridgehead atoms. The molecule has 1 atom stereocenters. The highest BCUT2D eigenvalue weighted by molar-refractivity contribution is 6.36. The Labute approximate surface area is 135 Å². The number of amides is 1. The number of ketones is 1. The van der Waals surface area contributed by atoms with Crippen molar-refractivity contribution < 1.29 is 9.59 Å². The fourth-order valence-corrected chi connectivity index (χ4v) is 2.74. The van der Waals surface area contributed by atoms with E-state index in [9.17, 15) is 9.59 Å². The number of aromatic nitrogens is 2. The Kier molecular flexibility index (Phi) is 4.55. The third-order valence-corrected chi connectivity index (χ3v) is 4.25. The van der Waals surface area contributed by atoms with E-state index in [0.717, 1.165) is 24.2 Å². The minimum Gasteiger partial charge on any atom is -0.339 e. The standard InChI is InChI=1S/C18H21N3O2/c1-21-12-11-19-17(21)16(14-8-9-14)20-18(23)15(22)10-7-13-5-3-2-4-6-13/h2-6,11-12,14,16H,7-10H2,1H3,(H,20,23)/t16-/m1/s1. The first-order valence-corrected chi connectivity index (χ1v) is 8.00. The summed E-state index contributed by atoms with van der Waals surface area (Å²) in [5.41, 5.74) is 1.07. The van der Waals surface area contributed by atoms with E-state index in [1.54, 1.807) is 6.20 Å². The average Bonchev–Trinajstić information content (AvgIpc) is 3.32. The summed E-state index contributed by atoms with van der Waals surface area (Å²) >= 11 is 0. The number of carbonyl (C=O) groups is 2. The quantitative estimate of drug-likeness (QED) is 0.797. The van der Waals surface area contributed by atoms with Crippen LogP contribution in [0.4, 0.5) is 0 Å². The van der Waals surface area contributed by atoms with Crippen molar-refractivity contribution in [3.05, 3.63) is 54.1 Å².